The molecular formula is C13H16N2OS. The molecule has 0 aliphatic carbocycles. The van der Waals surface area contributed by atoms with Crippen molar-refractivity contribution in [2.75, 3.05) is 11.9 Å². The molecule has 1 N–H and O–H groups in total. The summed E-state index contributed by atoms with van der Waals surface area (Å²) in [6, 6.07) is 8.14. The SMILES string of the molecule is CCNc1ccc(COCc2cccs2)cn1. The summed E-state index contributed by atoms with van der Waals surface area (Å²) in [5.74, 6) is 0.912. The number of rotatable bonds is 6. The Hall–Kier alpha value is -1.39. The van der Waals surface area contributed by atoms with E-state index in [-0.39, 0.29) is 0 Å². The normalized spacial score (nSPS) is 10.4. The first-order valence-corrected chi connectivity index (χ1v) is 6.55. The summed E-state index contributed by atoms with van der Waals surface area (Å²) < 4.78 is 5.61. The average molecular weight is 248 g/mol. The maximum Gasteiger partial charge on any atom is 0.125 e. The second-order valence-corrected chi connectivity index (χ2v) is 4.69. The maximum atomic E-state index is 5.61. The predicted molar refractivity (Wildman–Crippen MR) is 71.2 cm³/mol. The molecule has 0 unspecified atom stereocenters. The molecule has 2 aromatic heterocycles. The van der Waals surface area contributed by atoms with Crippen LogP contribution in [0.4, 0.5) is 5.82 Å². The van der Waals surface area contributed by atoms with Crippen LogP contribution in [0.3, 0.4) is 0 Å². The zero-order valence-corrected chi connectivity index (χ0v) is 10.7. The van der Waals surface area contributed by atoms with E-state index in [2.05, 4.69) is 28.7 Å². The summed E-state index contributed by atoms with van der Waals surface area (Å²) in [7, 11) is 0. The number of ether oxygens (including phenoxy) is 1. The Morgan fingerprint density at radius 3 is 2.88 bits per heavy atom. The summed E-state index contributed by atoms with van der Waals surface area (Å²) in [4.78, 5) is 5.55. The highest BCUT2D eigenvalue weighted by atomic mass is 32.1. The summed E-state index contributed by atoms with van der Waals surface area (Å²) in [6.45, 7) is 4.23. The lowest BCUT2D eigenvalue weighted by Crippen LogP contribution is -2.00. The van der Waals surface area contributed by atoms with Crippen molar-refractivity contribution in [2.45, 2.75) is 20.1 Å². The molecule has 0 radical (unpaired) electrons. The number of hydrogen-bond donors (Lipinski definition) is 1. The zero-order valence-electron chi connectivity index (χ0n) is 9.85. The number of nitrogens with zero attached hydrogens (tertiary/aromatic N) is 1. The van der Waals surface area contributed by atoms with E-state index >= 15 is 0 Å². The Bertz CT molecular complexity index is 425. The fraction of sp³-hybridized carbons (Fsp3) is 0.308. The van der Waals surface area contributed by atoms with Crippen LogP contribution in [-0.4, -0.2) is 11.5 Å². The minimum absolute atomic E-state index is 0.608. The molecule has 0 aliphatic heterocycles. The molecule has 0 aliphatic rings. The molecule has 2 rings (SSSR count). The lowest BCUT2D eigenvalue weighted by atomic mass is 10.3. The third-order valence-corrected chi connectivity index (χ3v) is 3.13. The summed E-state index contributed by atoms with van der Waals surface area (Å²) in [5, 5.41) is 5.22. The van der Waals surface area contributed by atoms with Gasteiger partial charge in [0.25, 0.3) is 0 Å². The first-order valence-electron chi connectivity index (χ1n) is 5.67. The van der Waals surface area contributed by atoms with Gasteiger partial charge in [0.05, 0.1) is 13.2 Å². The predicted octanol–water partition coefficient (Wildman–Crippen LogP) is 3.29. The van der Waals surface area contributed by atoms with E-state index in [9.17, 15) is 0 Å². The van der Waals surface area contributed by atoms with E-state index in [1.807, 2.05) is 24.4 Å². The van der Waals surface area contributed by atoms with Gasteiger partial charge in [-0.3, -0.25) is 0 Å². The zero-order chi connectivity index (χ0) is 11.9. The monoisotopic (exact) mass is 248 g/mol. The molecule has 0 bridgehead atoms. The van der Waals surface area contributed by atoms with Crippen LogP contribution >= 0.6 is 11.3 Å². The van der Waals surface area contributed by atoms with Crippen molar-refractivity contribution in [2.24, 2.45) is 0 Å². The van der Waals surface area contributed by atoms with Gasteiger partial charge in [-0.2, -0.15) is 0 Å². The van der Waals surface area contributed by atoms with Gasteiger partial charge < -0.3 is 10.1 Å². The molecule has 0 aromatic carbocycles. The fourth-order valence-electron chi connectivity index (χ4n) is 1.46. The number of aromatic nitrogens is 1. The molecular weight excluding hydrogens is 232 g/mol. The first-order chi connectivity index (χ1) is 8.38. The van der Waals surface area contributed by atoms with Crippen molar-refractivity contribution in [1.29, 1.82) is 0 Å². The minimum atomic E-state index is 0.608. The maximum absolute atomic E-state index is 5.61. The van der Waals surface area contributed by atoms with Gasteiger partial charge in [0.1, 0.15) is 5.82 Å². The van der Waals surface area contributed by atoms with Crippen molar-refractivity contribution in [3.63, 3.8) is 0 Å². The van der Waals surface area contributed by atoms with Gasteiger partial charge in [0.15, 0.2) is 0 Å². The van der Waals surface area contributed by atoms with E-state index in [1.54, 1.807) is 11.3 Å². The largest absolute Gasteiger partial charge is 0.371 e. The van der Waals surface area contributed by atoms with Crippen LogP contribution in [0, 0.1) is 0 Å². The topological polar surface area (TPSA) is 34.1 Å². The lowest BCUT2D eigenvalue weighted by molar-refractivity contribution is 0.109. The Balaban J connectivity index is 1.79. The van der Waals surface area contributed by atoms with Gasteiger partial charge >= 0.3 is 0 Å². The minimum Gasteiger partial charge on any atom is -0.371 e. The van der Waals surface area contributed by atoms with Crippen molar-refractivity contribution >= 4 is 17.2 Å². The number of thiophene rings is 1. The molecule has 2 aromatic rings. The molecule has 0 saturated heterocycles. The van der Waals surface area contributed by atoms with E-state index in [0.717, 1.165) is 17.9 Å². The highest BCUT2D eigenvalue weighted by Gasteiger charge is 1.97. The van der Waals surface area contributed by atoms with Crippen molar-refractivity contribution in [3.8, 4) is 0 Å². The van der Waals surface area contributed by atoms with Crippen LogP contribution < -0.4 is 5.32 Å². The second kappa shape index (κ2) is 6.37. The van der Waals surface area contributed by atoms with Crippen molar-refractivity contribution in [1.82, 2.24) is 4.98 Å². The summed E-state index contributed by atoms with van der Waals surface area (Å²) in [5.41, 5.74) is 1.10. The molecule has 90 valence electrons. The average Bonchev–Trinajstić information content (AvgIpc) is 2.85. The number of anilines is 1. The molecule has 0 saturated carbocycles. The van der Waals surface area contributed by atoms with Gasteiger partial charge in [0, 0.05) is 17.6 Å². The molecule has 4 heteroatoms. The first kappa shape index (κ1) is 12.1. The standard InChI is InChI=1S/C13H16N2OS/c1-2-14-13-6-5-11(8-15-13)9-16-10-12-4-3-7-17-12/h3-8H,2,9-10H2,1H3,(H,14,15). The molecule has 0 fully saturated rings. The Morgan fingerprint density at radius 1 is 1.29 bits per heavy atom. The van der Waals surface area contributed by atoms with Crippen LogP contribution in [0.2, 0.25) is 0 Å². The van der Waals surface area contributed by atoms with Crippen LogP contribution in [-0.2, 0) is 18.0 Å². The molecule has 0 atom stereocenters. The van der Waals surface area contributed by atoms with Gasteiger partial charge in [-0.1, -0.05) is 12.1 Å². The van der Waals surface area contributed by atoms with Crippen molar-refractivity contribution in [3.05, 3.63) is 46.3 Å². The molecule has 0 amide bonds. The van der Waals surface area contributed by atoms with E-state index in [1.165, 1.54) is 4.88 Å². The Morgan fingerprint density at radius 2 is 2.24 bits per heavy atom. The highest BCUT2D eigenvalue weighted by Crippen LogP contribution is 2.11. The smallest absolute Gasteiger partial charge is 0.125 e. The van der Waals surface area contributed by atoms with Gasteiger partial charge in [0.2, 0.25) is 0 Å². The summed E-state index contributed by atoms with van der Waals surface area (Å²) >= 11 is 1.72. The third-order valence-electron chi connectivity index (χ3n) is 2.28. The van der Waals surface area contributed by atoms with Gasteiger partial charge in [-0.15, -0.1) is 11.3 Å². The number of hydrogen-bond acceptors (Lipinski definition) is 4. The highest BCUT2D eigenvalue weighted by molar-refractivity contribution is 7.09. The number of nitrogens with one attached hydrogen (secondary N) is 1. The van der Waals surface area contributed by atoms with Gasteiger partial charge in [-0.25, -0.2) is 4.98 Å². The molecule has 0 spiro atoms. The van der Waals surface area contributed by atoms with Crippen molar-refractivity contribution < 1.29 is 4.74 Å². The molecule has 2 heterocycles. The van der Waals surface area contributed by atoms with Crippen LogP contribution in [0.15, 0.2) is 35.8 Å². The van der Waals surface area contributed by atoms with E-state index < -0.39 is 0 Å². The van der Waals surface area contributed by atoms with E-state index in [4.69, 9.17) is 4.74 Å². The third kappa shape index (κ3) is 3.84. The lowest BCUT2D eigenvalue weighted by Gasteiger charge is -2.05. The Labute approximate surface area is 105 Å². The number of pyridine rings is 1. The van der Waals surface area contributed by atoms with Crippen LogP contribution in [0.5, 0.6) is 0 Å². The fourth-order valence-corrected chi connectivity index (χ4v) is 2.10. The Kier molecular flexibility index (Phi) is 4.53. The second-order valence-electron chi connectivity index (χ2n) is 3.65. The van der Waals surface area contributed by atoms with Gasteiger partial charge in [-0.05, 0) is 30.0 Å². The van der Waals surface area contributed by atoms with E-state index in [0.29, 0.717) is 13.2 Å². The molecule has 17 heavy (non-hydrogen) atoms. The summed E-state index contributed by atoms with van der Waals surface area (Å²) in [6.07, 6.45) is 1.85. The van der Waals surface area contributed by atoms with Crippen LogP contribution in [0.25, 0.3) is 0 Å². The quantitative estimate of drug-likeness (QED) is 0.851. The van der Waals surface area contributed by atoms with Crippen LogP contribution in [0.1, 0.15) is 17.4 Å². The molecule has 3 nitrogen and oxygen atoms in total.